The van der Waals surface area contributed by atoms with Gasteiger partial charge in [-0.25, -0.2) is 4.79 Å². The molecule has 0 radical (unpaired) electrons. The van der Waals surface area contributed by atoms with E-state index >= 15 is 0 Å². The lowest BCUT2D eigenvalue weighted by Crippen LogP contribution is -2.35. The van der Waals surface area contributed by atoms with Crippen molar-refractivity contribution in [1.82, 2.24) is 5.32 Å². The lowest BCUT2D eigenvalue weighted by molar-refractivity contribution is -0.146. The molecule has 3 N–H and O–H groups in total. The molecule has 1 saturated heterocycles. The second-order valence-corrected chi connectivity index (χ2v) is 7.40. The molecule has 3 unspecified atom stereocenters. The number of hydrogen-bond donors (Lipinski definition) is 3. The van der Waals surface area contributed by atoms with Crippen LogP contribution in [0.15, 0.2) is 43.5 Å². The van der Waals surface area contributed by atoms with Gasteiger partial charge in [0.2, 0.25) is 5.91 Å². The predicted octanol–water partition coefficient (Wildman–Crippen LogP) is 2.19. The first-order valence-corrected chi connectivity index (χ1v) is 10.2. The summed E-state index contributed by atoms with van der Waals surface area (Å²) < 4.78 is 15.3. The minimum Gasteiger partial charge on any atom is -0.501 e. The Morgan fingerprint density at radius 3 is 2.59 bits per heavy atom. The number of esters is 2. The van der Waals surface area contributed by atoms with Crippen molar-refractivity contribution in [3.63, 3.8) is 0 Å². The molecule has 0 aliphatic carbocycles. The van der Waals surface area contributed by atoms with Crippen molar-refractivity contribution in [1.29, 1.82) is 0 Å². The van der Waals surface area contributed by atoms with Crippen LogP contribution in [-0.2, 0) is 19.1 Å². The Morgan fingerprint density at radius 2 is 1.97 bits per heavy atom. The van der Waals surface area contributed by atoms with Crippen molar-refractivity contribution in [2.24, 2.45) is 11.8 Å². The van der Waals surface area contributed by atoms with Gasteiger partial charge < -0.3 is 30.0 Å². The summed E-state index contributed by atoms with van der Waals surface area (Å²) in [5, 5.41) is 15.1. The van der Waals surface area contributed by atoms with E-state index in [1.54, 1.807) is 6.07 Å². The highest BCUT2D eigenvalue weighted by Gasteiger charge is 2.40. The maximum atomic E-state index is 12.8. The monoisotopic (exact) mass is 462 g/mol. The van der Waals surface area contributed by atoms with E-state index in [1.165, 1.54) is 31.4 Å². The van der Waals surface area contributed by atoms with Crippen LogP contribution in [0, 0.1) is 11.8 Å². The third-order valence-electron chi connectivity index (χ3n) is 4.84. The summed E-state index contributed by atoms with van der Waals surface area (Å²) in [7, 11) is 1.44. The number of nitrogens with one attached hydrogen (secondary N) is 2. The average Bonchev–Trinajstić information content (AvgIpc) is 3.25. The fourth-order valence-electron chi connectivity index (χ4n) is 3.31. The van der Waals surface area contributed by atoms with Crippen LogP contribution in [0.4, 0.5) is 5.69 Å². The van der Waals surface area contributed by atoms with Crippen LogP contribution in [0.3, 0.4) is 0 Å². The number of aliphatic hydroxyl groups is 1. The van der Waals surface area contributed by atoms with Gasteiger partial charge in [-0.15, -0.1) is 0 Å². The van der Waals surface area contributed by atoms with Crippen molar-refractivity contribution in [2.75, 3.05) is 32.2 Å². The third kappa shape index (κ3) is 6.38. The number of anilines is 1. The van der Waals surface area contributed by atoms with Crippen molar-refractivity contribution in [3.05, 3.63) is 49.1 Å². The maximum Gasteiger partial charge on any atom is 0.338 e. The molecule has 0 bridgehead atoms. The molecule has 1 aliphatic heterocycles. The van der Waals surface area contributed by atoms with Gasteiger partial charge in [0.15, 0.2) is 5.05 Å². The lowest BCUT2D eigenvalue weighted by atomic mass is 9.90. The van der Waals surface area contributed by atoms with Gasteiger partial charge in [-0.3, -0.25) is 9.59 Å². The number of methoxy groups -OCH3 is 1. The van der Waals surface area contributed by atoms with Crippen molar-refractivity contribution < 1.29 is 33.7 Å². The molecule has 0 spiro atoms. The second kappa shape index (κ2) is 12.0. The normalized spacial score (nSPS) is 18.2. The zero-order valence-corrected chi connectivity index (χ0v) is 18.5. The number of rotatable bonds is 11. The van der Waals surface area contributed by atoms with Crippen LogP contribution in [0.25, 0.3) is 0 Å². The number of ether oxygens (including phenoxy) is 3. The lowest BCUT2D eigenvalue weighted by Gasteiger charge is -2.19. The number of carbonyl (C=O) groups excluding carboxylic acids is 3. The van der Waals surface area contributed by atoms with E-state index < -0.39 is 40.8 Å². The van der Waals surface area contributed by atoms with Gasteiger partial charge in [-0.1, -0.05) is 25.3 Å². The molecule has 1 fully saturated rings. The molecule has 1 aromatic rings. The fourth-order valence-corrected chi connectivity index (χ4v) is 3.60. The van der Waals surface area contributed by atoms with Crippen LogP contribution in [0.1, 0.15) is 16.8 Å². The number of aliphatic hydroxyl groups excluding tert-OH is 1. The first-order valence-electron chi connectivity index (χ1n) is 9.83. The van der Waals surface area contributed by atoms with Gasteiger partial charge in [-0.2, -0.15) is 0 Å². The molecule has 1 amide bonds. The molecule has 32 heavy (non-hydrogen) atoms. The Hall–Kier alpha value is -3.24. The zero-order valence-electron chi connectivity index (χ0n) is 17.7. The summed E-state index contributed by atoms with van der Waals surface area (Å²) in [6, 6.07) is 3.85. The van der Waals surface area contributed by atoms with Crippen LogP contribution in [0.2, 0.25) is 0 Å². The molecular formula is C22H26N2O7S. The Bertz CT molecular complexity index is 902. The molecule has 2 rings (SSSR count). The van der Waals surface area contributed by atoms with E-state index in [0.717, 1.165) is 0 Å². The van der Waals surface area contributed by atoms with Crippen molar-refractivity contribution in [3.8, 4) is 5.75 Å². The van der Waals surface area contributed by atoms with Gasteiger partial charge in [0.25, 0.3) is 0 Å². The summed E-state index contributed by atoms with van der Waals surface area (Å²) in [4.78, 5) is 37.2. The zero-order chi connectivity index (χ0) is 23.7. The van der Waals surface area contributed by atoms with Crippen LogP contribution in [-0.4, -0.2) is 60.9 Å². The largest absolute Gasteiger partial charge is 0.501 e. The van der Waals surface area contributed by atoms with E-state index in [-0.39, 0.29) is 37.4 Å². The molecule has 172 valence electrons. The summed E-state index contributed by atoms with van der Waals surface area (Å²) in [6.45, 7) is 7.29. The minimum atomic E-state index is -1.03. The third-order valence-corrected chi connectivity index (χ3v) is 5.10. The Morgan fingerprint density at radius 1 is 1.28 bits per heavy atom. The fraction of sp³-hybridized carbons (Fsp3) is 0.364. The van der Waals surface area contributed by atoms with E-state index in [1.807, 2.05) is 0 Å². The molecule has 9 nitrogen and oxygen atoms in total. The summed E-state index contributed by atoms with van der Waals surface area (Å²) in [5.41, 5.74) is 0.520. The Kier molecular flexibility index (Phi) is 9.36. The van der Waals surface area contributed by atoms with Crippen LogP contribution < -0.4 is 15.4 Å². The van der Waals surface area contributed by atoms with Gasteiger partial charge in [0, 0.05) is 6.54 Å². The van der Waals surface area contributed by atoms with E-state index in [4.69, 9.17) is 26.4 Å². The predicted molar refractivity (Wildman–Crippen MR) is 122 cm³/mol. The molecule has 0 aromatic heterocycles. The maximum absolute atomic E-state index is 12.8. The van der Waals surface area contributed by atoms with E-state index in [9.17, 15) is 19.5 Å². The highest BCUT2D eigenvalue weighted by atomic mass is 32.1. The number of thiocarbonyl (C=S) groups is 1. The van der Waals surface area contributed by atoms with Crippen molar-refractivity contribution >= 4 is 40.8 Å². The first-order chi connectivity index (χ1) is 15.3. The molecule has 3 atom stereocenters. The Labute approximate surface area is 191 Å². The minimum absolute atomic E-state index is 0.00657. The van der Waals surface area contributed by atoms with Crippen molar-refractivity contribution in [2.45, 2.75) is 12.5 Å². The van der Waals surface area contributed by atoms with E-state index in [0.29, 0.717) is 5.75 Å². The van der Waals surface area contributed by atoms with Gasteiger partial charge >= 0.3 is 11.9 Å². The average molecular weight is 463 g/mol. The molecule has 1 aliphatic rings. The highest BCUT2D eigenvalue weighted by molar-refractivity contribution is 7.80. The summed E-state index contributed by atoms with van der Waals surface area (Å²) in [5.74, 6) is -2.74. The highest BCUT2D eigenvalue weighted by Crippen LogP contribution is 2.29. The molecule has 10 heteroatoms. The molecule has 1 aromatic carbocycles. The standard InChI is InChI=1S/C22H26N2O7S/c1-4-8-30-20(26)13-6-7-17(29-3)15(10-13)24-19(25)16-11-14(12-23-16)18(22(28)32)21(27)31-9-5-2/h4-7,10,14,16,18,23H,1-2,8-9,11-12H2,3H3,(H,24,25)(H,28,32). The van der Waals surface area contributed by atoms with Crippen LogP contribution >= 0.6 is 12.2 Å². The second-order valence-electron chi connectivity index (χ2n) is 6.98. The van der Waals surface area contributed by atoms with E-state index in [2.05, 4.69) is 23.8 Å². The van der Waals surface area contributed by atoms with Gasteiger partial charge in [0.05, 0.1) is 24.4 Å². The van der Waals surface area contributed by atoms with Crippen LogP contribution in [0.5, 0.6) is 5.75 Å². The topological polar surface area (TPSA) is 123 Å². The smallest absolute Gasteiger partial charge is 0.338 e. The summed E-state index contributed by atoms with van der Waals surface area (Å²) in [6.07, 6.45) is 3.10. The molecule has 1 heterocycles. The first kappa shape index (κ1) is 25.0. The molecule has 0 saturated carbocycles. The number of hydrogen-bond acceptors (Lipinski definition) is 8. The number of carbonyl (C=O) groups is 3. The number of amides is 1. The number of benzene rings is 1. The van der Waals surface area contributed by atoms with Gasteiger partial charge in [0.1, 0.15) is 24.9 Å². The Balaban J connectivity index is 2.10. The quantitative estimate of drug-likeness (QED) is 0.258. The molecular weight excluding hydrogens is 436 g/mol. The summed E-state index contributed by atoms with van der Waals surface area (Å²) >= 11 is 4.83. The SMILES string of the molecule is C=CCOC(=O)c1ccc(OC)c(NC(=O)C2CC(C(C(=O)OCC=C)C(O)=S)CN2)c1. The van der Waals surface area contributed by atoms with Gasteiger partial charge in [-0.05, 0) is 42.8 Å².